The van der Waals surface area contributed by atoms with E-state index in [0.29, 0.717) is 0 Å². The first kappa shape index (κ1) is 9.88. The molecular weight excluding hydrogens is 238 g/mol. The first-order chi connectivity index (χ1) is 8.02. The second-order valence-corrected chi connectivity index (χ2v) is 3.48. The maximum atomic E-state index is 13.8. The Balaban J connectivity index is 2.46. The first-order valence-electron chi connectivity index (χ1n) is 4.49. The summed E-state index contributed by atoms with van der Waals surface area (Å²) in [4.78, 5) is 33.5. The van der Waals surface area contributed by atoms with Crippen molar-refractivity contribution in [1.29, 1.82) is 0 Å². The maximum absolute atomic E-state index is 13.8. The molecule has 1 aromatic carbocycles. The fourth-order valence-corrected chi connectivity index (χ4v) is 1.87. The summed E-state index contributed by atoms with van der Waals surface area (Å²) in [7, 11) is 0. The van der Waals surface area contributed by atoms with Gasteiger partial charge in [-0.1, -0.05) is 0 Å². The Morgan fingerprint density at radius 1 is 0.824 bits per heavy atom. The van der Waals surface area contributed by atoms with Crippen molar-refractivity contribution in [1.82, 2.24) is 0 Å². The zero-order valence-electron chi connectivity index (χ0n) is 8.00. The van der Waals surface area contributed by atoms with Crippen molar-refractivity contribution >= 4 is 17.9 Å². The molecule has 3 rings (SSSR count). The number of hydrogen-bond acceptors (Lipinski definition) is 5. The molecule has 7 heteroatoms. The number of hydrogen-bond donors (Lipinski definition) is 0. The standard InChI is InChI=1S/C10H2F2O5/c11-6-2-1-16-8(13)3(2)7(12)5-4(6)9(14)17-10(5)15/h1H2. The topological polar surface area (TPSA) is 69.7 Å². The van der Waals surface area contributed by atoms with E-state index in [1.54, 1.807) is 0 Å². The van der Waals surface area contributed by atoms with Crippen molar-refractivity contribution in [2.24, 2.45) is 0 Å². The van der Waals surface area contributed by atoms with E-state index in [0.717, 1.165) is 0 Å². The molecular formula is C10H2F2O5. The van der Waals surface area contributed by atoms with Gasteiger partial charge in [-0.3, -0.25) is 0 Å². The Morgan fingerprint density at radius 3 is 2.06 bits per heavy atom. The van der Waals surface area contributed by atoms with Crippen LogP contribution in [0.5, 0.6) is 0 Å². The fourth-order valence-electron chi connectivity index (χ4n) is 1.87. The number of benzene rings is 1. The molecule has 86 valence electrons. The van der Waals surface area contributed by atoms with Gasteiger partial charge in [-0.15, -0.1) is 0 Å². The van der Waals surface area contributed by atoms with Gasteiger partial charge in [0.25, 0.3) is 0 Å². The van der Waals surface area contributed by atoms with Crippen molar-refractivity contribution in [3.8, 4) is 0 Å². The highest BCUT2D eigenvalue weighted by molar-refractivity contribution is 6.16. The molecule has 0 saturated carbocycles. The van der Waals surface area contributed by atoms with E-state index in [-0.39, 0.29) is 5.56 Å². The second-order valence-electron chi connectivity index (χ2n) is 3.48. The highest BCUT2D eigenvalue weighted by Crippen LogP contribution is 2.34. The lowest BCUT2D eigenvalue weighted by Gasteiger charge is -2.02. The molecule has 0 radical (unpaired) electrons. The van der Waals surface area contributed by atoms with Crippen LogP contribution < -0.4 is 0 Å². The van der Waals surface area contributed by atoms with Crippen LogP contribution in [0.15, 0.2) is 0 Å². The normalized spacial score (nSPS) is 16.7. The van der Waals surface area contributed by atoms with Crippen molar-refractivity contribution in [3.63, 3.8) is 0 Å². The van der Waals surface area contributed by atoms with Crippen molar-refractivity contribution in [2.45, 2.75) is 6.61 Å². The zero-order valence-corrected chi connectivity index (χ0v) is 8.00. The summed E-state index contributed by atoms with van der Waals surface area (Å²) in [5, 5.41) is 0. The van der Waals surface area contributed by atoms with E-state index in [9.17, 15) is 23.2 Å². The molecule has 0 amide bonds. The van der Waals surface area contributed by atoms with E-state index in [1.807, 2.05) is 0 Å². The van der Waals surface area contributed by atoms with Crippen LogP contribution >= 0.6 is 0 Å². The molecule has 0 spiro atoms. The smallest absolute Gasteiger partial charge is 0.350 e. The minimum atomic E-state index is -1.30. The minimum absolute atomic E-state index is 0.363. The van der Waals surface area contributed by atoms with E-state index < -0.39 is 52.8 Å². The van der Waals surface area contributed by atoms with Crippen LogP contribution in [0.3, 0.4) is 0 Å². The van der Waals surface area contributed by atoms with Crippen LogP contribution in [-0.2, 0) is 16.1 Å². The number of cyclic esters (lactones) is 3. The number of ether oxygens (including phenoxy) is 2. The van der Waals surface area contributed by atoms with Gasteiger partial charge < -0.3 is 9.47 Å². The first-order valence-corrected chi connectivity index (χ1v) is 4.49. The van der Waals surface area contributed by atoms with Gasteiger partial charge in [-0.05, 0) is 0 Å². The highest BCUT2D eigenvalue weighted by Gasteiger charge is 2.43. The van der Waals surface area contributed by atoms with Gasteiger partial charge in [0.05, 0.1) is 0 Å². The Hall–Kier alpha value is -2.31. The third-order valence-corrected chi connectivity index (χ3v) is 2.62. The molecule has 0 bridgehead atoms. The summed E-state index contributed by atoms with van der Waals surface area (Å²) >= 11 is 0. The Morgan fingerprint density at radius 2 is 1.41 bits per heavy atom. The molecule has 0 saturated heterocycles. The summed E-state index contributed by atoms with van der Waals surface area (Å²) in [5.41, 5.74) is -2.62. The fraction of sp³-hybridized carbons (Fsp3) is 0.100. The van der Waals surface area contributed by atoms with Crippen molar-refractivity contribution < 1.29 is 32.6 Å². The predicted octanol–water partition coefficient (Wildman–Crippen LogP) is 0.946. The maximum Gasteiger partial charge on any atom is 0.350 e. The van der Waals surface area contributed by atoms with Crippen molar-refractivity contribution in [2.75, 3.05) is 0 Å². The zero-order chi connectivity index (χ0) is 12.3. The predicted molar refractivity (Wildman–Crippen MR) is 45.2 cm³/mol. The number of esters is 3. The molecule has 0 aliphatic carbocycles. The van der Waals surface area contributed by atoms with Crippen molar-refractivity contribution in [3.05, 3.63) is 33.9 Å². The van der Waals surface area contributed by atoms with Crippen LogP contribution in [0.2, 0.25) is 0 Å². The Kier molecular flexibility index (Phi) is 1.67. The average molecular weight is 240 g/mol. The van der Waals surface area contributed by atoms with Gasteiger partial charge in [-0.25, -0.2) is 23.2 Å². The third kappa shape index (κ3) is 1.03. The lowest BCUT2D eigenvalue weighted by atomic mass is 9.99. The largest absolute Gasteiger partial charge is 0.457 e. The molecule has 0 atom stereocenters. The lowest BCUT2D eigenvalue weighted by Crippen LogP contribution is -2.08. The van der Waals surface area contributed by atoms with E-state index >= 15 is 0 Å². The molecule has 5 nitrogen and oxygen atoms in total. The Labute approximate surface area is 91.9 Å². The molecule has 2 aliphatic heterocycles. The molecule has 0 aromatic heterocycles. The number of carbonyl (C=O) groups is 3. The number of carbonyl (C=O) groups excluding carboxylic acids is 3. The Bertz CT molecular complexity index is 620. The highest BCUT2D eigenvalue weighted by atomic mass is 19.1. The number of rotatable bonds is 0. The summed E-state index contributed by atoms with van der Waals surface area (Å²) < 4.78 is 36.2. The second kappa shape index (κ2) is 2.88. The van der Waals surface area contributed by atoms with Crippen LogP contribution in [-0.4, -0.2) is 17.9 Å². The number of halogens is 2. The summed E-state index contributed by atoms with van der Waals surface area (Å²) in [6.07, 6.45) is 0. The van der Waals surface area contributed by atoms with E-state index in [2.05, 4.69) is 9.47 Å². The van der Waals surface area contributed by atoms with Gasteiger partial charge in [0.15, 0.2) is 5.82 Å². The average Bonchev–Trinajstić information content (AvgIpc) is 2.77. The summed E-state index contributed by atoms with van der Waals surface area (Å²) in [6, 6.07) is 0. The lowest BCUT2D eigenvalue weighted by molar-refractivity contribution is 0.0441. The molecule has 1 aromatic rings. The minimum Gasteiger partial charge on any atom is -0.457 e. The quantitative estimate of drug-likeness (QED) is 0.498. The molecule has 2 heterocycles. The SMILES string of the molecule is O=C1OCc2c(F)c3c(c(F)c21)C(=O)OC3=O. The molecule has 2 aliphatic rings. The van der Waals surface area contributed by atoms with Crippen LogP contribution in [0.1, 0.15) is 36.6 Å². The molecule has 0 N–H and O–H groups in total. The molecule has 0 unspecified atom stereocenters. The third-order valence-electron chi connectivity index (χ3n) is 2.62. The number of fused-ring (bicyclic) bond motifs is 2. The van der Waals surface area contributed by atoms with E-state index in [4.69, 9.17) is 0 Å². The van der Waals surface area contributed by atoms with Gasteiger partial charge in [0, 0.05) is 5.56 Å². The van der Waals surface area contributed by atoms with Crippen LogP contribution in [0, 0.1) is 11.6 Å². The van der Waals surface area contributed by atoms with Gasteiger partial charge in [0.1, 0.15) is 29.1 Å². The van der Waals surface area contributed by atoms with E-state index in [1.165, 1.54) is 0 Å². The van der Waals surface area contributed by atoms with Gasteiger partial charge in [0.2, 0.25) is 0 Å². The summed E-state index contributed by atoms with van der Waals surface area (Å²) in [5.74, 6) is -6.04. The van der Waals surface area contributed by atoms with Crippen LogP contribution in [0.25, 0.3) is 0 Å². The molecule has 17 heavy (non-hydrogen) atoms. The summed E-state index contributed by atoms with van der Waals surface area (Å²) in [6.45, 7) is -0.467. The monoisotopic (exact) mass is 240 g/mol. The molecule has 0 fully saturated rings. The van der Waals surface area contributed by atoms with Crippen LogP contribution in [0.4, 0.5) is 8.78 Å². The van der Waals surface area contributed by atoms with Gasteiger partial charge in [-0.2, -0.15) is 0 Å². The van der Waals surface area contributed by atoms with Gasteiger partial charge >= 0.3 is 17.9 Å².